The predicted octanol–water partition coefficient (Wildman–Crippen LogP) is 3.77. The van der Waals surface area contributed by atoms with Crippen LogP contribution >= 0.6 is 11.6 Å². The molecule has 0 bridgehead atoms. The molecule has 0 spiro atoms. The van der Waals surface area contributed by atoms with Crippen molar-refractivity contribution in [3.63, 3.8) is 0 Å². The normalized spacial score (nSPS) is 10.3. The van der Waals surface area contributed by atoms with Crippen LogP contribution in [0.5, 0.6) is 11.5 Å². The van der Waals surface area contributed by atoms with Crippen molar-refractivity contribution in [2.45, 2.75) is 19.9 Å². The van der Waals surface area contributed by atoms with Gasteiger partial charge >= 0.3 is 0 Å². The number of nitrogens with zero attached hydrogens (tertiary/aromatic N) is 1. The van der Waals surface area contributed by atoms with E-state index in [1.807, 2.05) is 19.1 Å². The van der Waals surface area contributed by atoms with Gasteiger partial charge in [-0.05, 0) is 36.2 Å². The molecule has 0 aromatic heterocycles. The van der Waals surface area contributed by atoms with Gasteiger partial charge in [-0.3, -0.25) is 9.59 Å². The summed E-state index contributed by atoms with van der Waals surface area (Å²) in [6, 6.07) is 10.3. The lowest BCUT2D eigenvalue weighted by Gasteiger charge is -2.19. The number of nitrogens with one attached hydrogen (secondary N) is 1. The number of hydrogen-bond donors (Lipinski definition) is 1. The summed E-state index contributed by atoms with van der Waals surface area (Å²) in [5, 5.41) is 2.91. The highest BCUT2D eigenvalue weighted by Crippen LogP contribution is 2.36. The van der Waals surface area contributed by atoms with Crippen molar-refractivity contribution in [1.82, 2.24) is 10.2 Å². The van der Waals surface area contributed by atoms with Gasteiger partial charge in [0.1, 0.15) is 0 Å². The first-order chi connectivity index (χ1) is 13.4. The summed E-state index contributed by atoms with van der Waals surface area (Å²) in [7, 11) is 4.80. The number of methoxy groups -OCH3 is 1. The Labute approximate surface area is 170 Å². The number of hydrogen-bond acceptors (Lipinski definition) is 4. The molecule has 2 amide bonds. The van der Waals surface area contributed by atoms with E-state index < -0.39 is 0 Å². The first kappa shape index (κ1) is 21.6. The van der Waals surface area contributed by atoms with Crippen LogP contribution in [-0.4, -0.2) is 44.5 Å². The highest BCUT2D eigenvalue weighted by atomic mass is 35.5. The van der Waals surface area contributed by atoms with E-state index in [1.165, 1.54) is 7.11 Å². The molecular formula is C21H25ClN2O4. The molecule has 0 aliphatic rings. The molecule has 28 heavy (non-hydrogen) atoms. The maximum Gasteiger partial charge on any atom is 0.254 e. The Morgan fingerprint density at radius 2 is 1.82 bits per heavy atom. The van der Waals surface area contributed by atoms with Crippen LogP contribution in [0.2, 0.25) is 5.02 Å². The van der Waals surface area contributed by atoms with Crippen LogP contribution in [0.15, 0.2) is 36.4 Å². The minimum absolute atomic E-state index is 0.150. The zero-order chi connectivity index (χ0) is 20.7. The molecule has 0 fully saturated rings. The molecule has 150 valence electrons. The third-order valence-corrected chi connectivity index (χ3v) is 4.42. The van der Waals surface area contributed by atoms with E-state index in [1.54, 1.807) is 43.3 Å². The Kier molecular flexibility index (Phi) is 7.70. The van der Waals surface area contributed by atoms with Crippen molar-refractivity contribution in [1.29, 1.82) is 0 Å². The number of ether oxygens (including phenoxy) is 2. The molecule has 0 aliphatic heterocycles. The lowest BCUT2D eigenvalue weighted by atomic mass is 10.1. The monoisotopic (exact) mass is 404 g/mol. The third kappa shape index (κ3) is 5.16. The summed E-state index contributed by atoms with van der Waals surface area (Å²) < 4.78 is 11.0. The maximum absolute atomic E-state index is 12.8. The molecule has 0 radical (unpaired) electrons. The van der Waals surface area contributed by atoms with Crippen molar-refractivity contribution >= 4 is 23.4 Å². The van der Waals surface area contributed by atoms with Crippen LogP contribution in [0.1, 0.15) is 39.6 Å². The number of benzene rings is 2. The molecule has 2 aromatic rings. The topological polar surface area (TPSA) is 67.9 Å². The Balaban J connectivity index is 2.16. The van der Waals surface area contributed by atoms with Gasteiger partial charge in [-0.1, -0.05) is 30.7 Å². The molecule has 1 N–H and O–H groups in total. The Bertz CT molecular complexity index is 837. The van der Waals surface area contributed by atoms with Crippen LogP contribution in [0.4, 0.5) is 0 Å². The van der Waals surface area contributed by atoms with Crippen molar-refractivity contribution < 1.29 is 19.1 Å². The first-order valence-corrected chi connectivity index (χ1v) is 9.35. The second-order valence-electron chi connectivity index (χ2n) is 6.28. The summed E-state index contributed by atoms with van der Waals surface area (Å²) >= 11 is 6.31. The second kappa shape index (κ2) is 9.99. The lowest BCUT2D eigenvalue weighted by molar-refractivity contribution is 0.0784. The number of carbonyl (C=O) groups is 2. The number of halogens is 1. The van der Waals surface area contributed by atoms with Gasteiger partial charge in [-0.25, -0.2) is 0 Å². The fraction of sp³-hybridized carbons (Fsp3) is 0.333. The highest BCUT2D eigenvalue weighted by Gasteiger charge is 2.18. The maximum atomic E-state index is 12.8. The Morgan fingerprint density at radius 3 is 2.39 bits per heavy atom. The fourth-order valence-corrected chi connectivity index (χ4v) is 2.92. The largest absolute Gasteiger partial charge is 0.493 e. The standard InChI is InChI=1S/C21H25ClN2O4/c1-5-10-28-19-17(22)11-16(12-18(19)27-4)21(26)24(3)13-14-6-8-15(9-7-14)20(25)23-2/h6-9,11-12H,5,10,13H2,1-4H3,(H,23,25). The van der Waals surface area contributed by atoms with Gasteiger partial charge in [0.2, 0.25) is 0 Å². The summed E-state index contributed by atoms with van der Waals surface area (Å²) in [5.74, 6) is 0.517. The summed E-state index contributed by atoms with van der Waals surface area (Å²) in [6.07, 6.45) is 0.835. The van der Waals surface area contributed by atoms with Crippen LogP contribution in [0, 0.1) is 0 Å². The van der Waals surface area contributed by atoms with E-state index in [4.69, 9.17) is 21.1 Å². The van der Waals surface area contributed by atoms with E-state index in [2.05, 4.69) is 5.32 Å². The Hall–Kier alpha value is -2.73. The minimum atomic E-state index is -0.197. The van der Waals surface area contributed by atoms with E-state index in [0.717, 1.165) is 12.0 Å². The number of amides is 2. The molecule has 7 heteroatoms. The van der Waals surface area contributed by atoms with Gasteiger partial charge in [0.15, 0.2) is 11.5 Å². The van der Waals surface area contributed by atoms with Gasteiger partial charge < -0.3 is 19.7 Å². The zero-order valence-corrected chi connectivity index (χ0v) is 17.3. The molecule has 0 heterocycles. The van der Waals surface area contributed by atoms with Gasteiger partial charge in [-0.15, -0.1) is 0 Å². The highest BCUT2D eigenvalue weighted by molar-refractivity contribution is 6.32. The van der Waals surface area contributed by atoms with Crippen LogP contribution in [0.25, 0.3) is 0 Å². The number of carbonyl (C=O) groups excluding carboxylic acids is 2. The molecule has 0 atom stereocenters. The minimum Gasteiger partial charge on any atom is -0.493 e. The van der Waals surface area contributed by atoms with Crippen LogP contribution in [0.3, 0.4) is 0 Å². The van der Waals surface area contributed by atoms with E-state index in [0.29, 0.717) is 40.8 Å². The van der Waals surface area contributed by atoms with Crippen molar-refractivity contribution in [3.05, 3.63) is 58.1 Å². The zero-order valence-electron chi connectivity index (χ0n) is 16.5. The van der Waals surface area contributed by atoms with Crippen molar-refractivity contribution in [3.8, 4) is 11.5 Å². The molecule has 6 nitrogen and oxygen atoms in total. The van der Waals surface area contributed by atoms with Crippen LogP contribution in [-0.2, 0) is 6.54 Å². The average molecular weight is 405 g/mol. The molecular weight excluding hydrogens is 380 g/mol. The van der Waals surface area contributed by atoms with Gasteiger partial charge in [0.25, 0.3) is 11.8 Å². The van der Waals surface area contributed by atoms with Gasteiger partial charge in [0, 0.05) is 31.8 Å². The van der Waals surface area contributed by atoms with Crippen molar-refractivity contribution in [2.24, 2.45) is 0 Å². The average Bonchev–Trinajstić information content (AvgIpc) is 2.71. The molecule has 0 aliphatic carbocycles. The summed E-state index contributed by atoms with van der Waals surface area (Å²) in [5.41, 5.74) is 1.89. The predicted molar refractivity (Wildman–Crippen MR) is 109 cm³/mol. The van der Waals surface area contributed by atoms with Crippen molar-refractivity contribution in [2.75, 3.05) is 27.8 Å². The second-order valence-corrected chi connectivity index (χ2v) is 6.68. The van der Waals surface area contributed by atoms with Gasteiger partial charge in [0.05, 0.1) is 18.7 Å². The molecule has 2 rings (SSSR count). The summed E-state index contributed by atoms with van der Waals surface area (Å²) in [4.78, 5) is 26.0. The third-order valence-electron chi connectivity index (χ3n) is 4.14. The van der Waals surface area contributed by atoms with E-state index in [-0.39, 0.29) is 11.8 Å². The SMILES string of the molecule is CCCOc1c(Cl)cc(C(=O)N(C)Cc2ccc(C(=O)NC)cc2)cc1OC. The van der Waals surface area contributed by atoms with Crippen LogP contribution < -0.4 is 14.8 Å². The quantitative estimate of drug-likeness (QED) is 0.727. The number of rotatable bonds is 8. The first-order valence-electron chi connectivity index (χ1n) is 8.98. The summed E-state index contributed by atoms with van der Waals surface area (Å²) in [6.45, 7) is 2.89. The lowest BCUT2D eigenvalue weighted by Crippen LogP contribution is -2.26. The molecule has 2 aromatic carbocycles. The molecule has 0 unspecified atom stereocenters. The van der Waals surface area contributed by atoms with Gasteiger partial charge in [-0.2, -0.15) is 0 Å². The Morgan fingerprint density at radius 1 is 1.14 bits per heavy atom. The molecule has 0 saturated carbocycles. The molecule has 0 saturated heterocycles. The smallest absolute Gasteiger partial charge is 0.254 e. The van der Waals surface area contributed by atoms with E-state index in [9.17, 15) is 9.59 Å². The van der Waals surface area contributed by atoms with E-state index >= 15 is 0 Å². The fourth-order valence-electron chi connectivity index (χ4n) is 2.66.